The Labute approximate surface area is 146 Å². The van der Waals surface area contributed by atoms with E-state index < -0.39 is 0 Å². The zero-order valence-electron chi connectivity index (χ0n) is 15.3. The summed E-state index contributed by atoms with van der Waals surface area (Å²) >= 11 is 0. The van der Waals surface area contributed by atoms with Crippen molar-refractivity contribution in [3.05, 3.63) is 29.8 Å². The van der Waals surface area contributed by atoms with Crippen LogP contribution in [0.2, 0.25) is 0 Å². The summed E-state index contributed by atoms with van der Waals surface area (Å²) in [6.45, 7) is 8.99. The lowest BCUT2D eigenvalue weighted by Crippen LogP contribution is -2.42. The van der Waals surface area contributed by atoms with E-state index in [0.29, 0.717) is 18.2 Å². The van der Waals surface area contributed by atoms with Crippen molar-refractivity contribution in [1.82, 2.24) is 4.90 Å². The van der Waals surface area contributed by atoms with E-state index in [1.165, 1.54) is 19.3 Å². The lowest BCUT2D eigenvalue weighted by atomic mass is 10.0. The second kappa shape index (κ2) is 9.67. The smallest absolute Gasteiger partial charge is 0.338 e. The number of carbonyl (C=O) groups excluding carboxylic acids is 1. The number of rotatable bonds is 8. The molecule has 1 aliphatic rings. The molecule has 0 bridgehead atoms. The van der Waals surface area contributed by atoms with E-state index >= 15 is 0 Å². The molecular formula is C20H31NO3. The van der Waals surface area contributed by atoms with Crippen molar-refractivity contribution in [3.63, 3.8) is 0 Å². The summed E-state index contributed by atoms with van der Waals surface area (Å²) in [7, 11) is 0. The summed E-state index contributed by atoms with van der Waals surface area (Å²) in [6, 6.07) is 7.81. The molecule has 2 rings (SSSR count). The highest BCUT2D eigenvalue weighted by atomic mass is 16.5. The van der Waals surface area contributed by atoms with E-state index in [1.807, 2.05) is 19.1 Å². The molecule has 0 aliphatic carbocycles. The Balaban J connectivity index is 1.80. The lowest BCUT2D eigenvalue weighted by molar-refractivity contribution is 0.0179. The Morgan fingerprint density at radius 2 is 2.04 bits per heavy atom. The molecule has 2 atom stereocenters. The molecule has 2 unspecified atom stereocenters. The molecule has 0 spiro atoms. The van der Waals surface area contributed by atoms with Crippen molar-refractivity contribution in [1.29, 1.82) is 0 Å². The first-order chi connectivity index (χ1) is 11.6. The molecule has 0 amide bonds. The third kappa shape index (κ3) is 5.82. The van der Waals surface area contributed by atoms with Crippen LogP contribution in [-0.2, 0) is 4.74 Å². The maximum Gasteiger partial charge on any atom is 0.338 e. The van der Waals surface area contributed by atoms with Crippen molar-refractivity contribution >= 4 is 5.97 Å². The van der Waals surface area contributed by atoms with Gasteiger partial charge in [-0.25, -0.2) is 4.79 Å². The molecule has 1 saturated heterocycles. The van der Waals surface area contributed by atoms with E-state index in [9.17, 15) is 4.79 Å². The van der Waals surface area contributed by atoms with E-state index in [1.54, 1.807) is 12.1 Å². The topological polar surface area (TPSA) is 38.8 Å². The number of nitrogens with zero attached hydrogens (tertiary/aromatic N) is 1. The Bertz CT molecular complexity index is 500. The van der Waals surface area contributed by atoms with Gasteiger partial charge >= 0.3 is 5.97 Å². The average Bonchev–Trinajstić information content (AvgIpc) is 2.58. The summed E-state index contributed by atoms with van der Waals surface area (Å²) in [5.41, 5.74) is 0.580. The Kier molecular flexibility index (Phi) is 7.57. The van der Waals surface area contributed by atoms with Gasteiger partial charge in [0.15, 0.2) is 0 Å². The second-order valence-corrected chi connectivity index (χ2v) is 6.78. The normalized spacial score (nSPS) is 19.7. The van der Waals surface area contributed by atoms with Crippen LogP contribution >= 0.6 is 0 Å². The van der Waals surface area contributed by atoms with Crippen LogP contribution in [-0.4, -0.2) is 42.7 Å². The van der Waals surface area contributed by atoms with Crippen molar-refractivity contribution in [2.24, 2.45) is 0 Å². The summed E-state index contributed by atoms with van der Waals surface area (Å²) < 4.78 is 11.2. The van der Waals surface area contributed by atoms with Crippen LogP contribution in [0.4, 0.5) is 0 Å². The minimum Gasteiger partial charge on any atom is -0.494 e. The standard InChI is InChI=1S/C20H31NO3/c1-4-5-14-23-19-11-9-18(10-12-19)20(22)24-17(3)15-21-13-7-6-8-16(21)2/h9-12,16-17H,4-8,13-15H2,1-3H3. The highest BCUT2D eigenvalue weighted by Crippen LogP contribution is 2.18. The van der Waals surface area contributed by atoms with Crippen LogP contribution in [0.3, 0.4) is 0 Å². The molecule has 4 heteroatoms. The van der Waals surface area contributed by atoms with Gasteiger partial charge in [-0.1, -0.05) is 19.8 Å². The molecule has 1 aromatic rings. The molecule has 1 fully saturated rings. The van der Waals surface area contributed by atoms with Gasteiger partial charge < -0.3 is 9.47 Å². The molecular weight excluding hydrogens is 302 g/mol. The lowest BCUT2D eigenvalue weighted by Gasteiger charge is -2.34. The minimum atomic E-state index is -0.257. The molecule has 134 valence electrons. The summed E-state index contributed by atoms with van der Waals surface area (Å²) in [4.78, 5) is 14.7. The van der Waals surface area contributed by atoms with Gasteiger partial charge in [0.1, 0.15) is 11.9 Å². The third-order valence-corrected chi connectivity index (χ3v) is 4.60. The van der Waals surface area contributed by atoms with Crippen molar-refractivity contribution in [2.45, 2.75) is 65.0 Å². The molecule has 1 aliphatic heterocycles. The fourth-order valence-electron chi connectivity index (χ4n) is 3.07. The van der Waals surface area contributed by atoms with Gasteiger partial charge in [0.05, 0.1) is 12.2 Å². The highest BCUT2D eigenvalue weighted by molar-refractivity contribution is 5.89. The fourth-order valence-corrected chi connectivity index (χ4v) is 3.07. The Morgan fingerprint density at radius 1 is 1.29 bits per heavy atom. The first-order valence-corrected chi connectivity index (χ1v) is 9.28. The quantitative estimate of drug-likeness (QED) is 0.525. The first-order valence-electron chi connectivity index (χ1n) is 9.28. The van der Waals surface area contributed by atoms with Gasteiger partial charge in [0.25, 0.3) is 0 Å². The molecule has 1 aromatic carbocycles. The summed E-state index contributed by atoms with van der Waals surface area (Å²) in [5, 5.41) is 0. The van der Waals surface area contributed by atoms with Crippen molar-refractivity contribution in [3.8, 4) is 5.75 Å². The number of unbranched alkanes of at least 4 members (excludes halogenated alkanes) is 1. The van der Waals surface area contributed by atoms with Gasteiger partial charge in [-0.2, -0.15) is 0 Å². The Hall–Kier alpha value is -1.55. The van der Waals surface area contributed by atoms with Crippen molar-refractivity contribution in [2.75, 3.05) is 19.7 Å². The molecule has 24 heavy (non-hydrogen) atoms. The van der Waals surface area contributed by atoms with Crippen LogP contribution in [0.1, 0.15) is 63.2 Å². The van der Waals surface area contributed by atoms with Gasteiger partial charge in [-0.05, 0) is 63.9 Å². The van der Waals surface area contributed by atoms with Crippen LogP contribution in [0.25, 0.3) is 0 Å². The number of carbonyl (C=O) groups is 1. The molecule has 0 aromatic heterocycles. The number of piperidine rings is 1. The summed E-state index contributed by atoms with van der Waals surface area (Å²) in [5.74, 6) is 0.544. The third-order valence-electron chi connectivity index (χ3n) is 4.60. The molecule has 0 N–H and O–H groups in total. The average molecular weight is 333 g/mol. The zero-order chi connectivity index (χ0) is 17.4. The van der Waals surface area contributed by atoms with Crippen LogP contribution in [0.15, 0.2) is 24.3 Å². The maximum atomic E-state index is 12.3. The van der Waals surface area contributed by atoms with Crippen molar-refractivity contribution < 1.29 is 14.3 Å². The van der Waals surface area contributed by atoms with E-state index in [4.69, 9.17) is 9.47 Å². The number of likely N-dealkylation sites (tertiary alicyclic amines) is 1. The molecule has 1 heterocycles. The monoisotopic (exact) mass is 333 g/mol. The number of hydrogen-bond donors (Lipinski definition) is 0. The number of hydrogen-bond acceptors (Lipinski definition) is 4. The van der Waals surface area contributed by atoms with E-state index in [2.05, 4.69) is 18.7 Å². The number of esters is 1. The zero-order valence-corrected chi connectivity index (χ0v) is 15.3. The minimum absolute atomic E-state index is 0.0986. The number of benzene rings is 1. The van der Waals surface area contributed by atoms with E-state index in [-0.39, 0.29) is 12.1 Å². The largest absolute Gasteiger partial charge is 0.494 e. The first kappa shape index (κ1) is 18.8. The summed E-state index contributed by atoms with van der Waals surface area (Å²) in [6.07, 6.45) is 5.83. The second-order valence-electron chi connectivity index (χ2n) is 6.78. The van der Waals surface area contributed by atoms with Gasteiger partial charge in [-0.3, -0.25) is 4.90 Å². The van der Waals surface area contributed by atoms with E-state index in [0.717, 1.165) is 31.7 Å². The molecule has 0 saturated carbocycles. The fraction of sp³-hybridized carbons (Fsp3) is 0.650. The van der Waals surface area contributed by atoms with Crippen LogP contribution in [0, 0.1) is 0 Å². The predicted octanol–water partition coefficient (Wildman–Crippen LogP) is 4.29. The van der Waals surface area contributed by atoms with Crippen LogP contribution in [0.5, 0.6) is 5.75 Å². The van der Waals surface area contributed by atoms with Gasteiger partial charge in [0, 0.05) is 12.6 Å². The van der Waals surface area contributed by atoms with Gasteiger partial charge in [-0.15, -0.1) is 0 Å². The Morgan fingerprint density at radius 3 is 2.71 bits per heavy atom. The molecule has 0 radical (unpaired) electrons. The van der Waals surface area contributed by atoms with Crippen LogP contribution < -0.4 is 4.74 Å². The molecule has 4 nitrogen and oxygen atoms in total. The SMILES string of the molecule is CCCCOc1ccc(C(=O)OC(C)CN2CCCCC2C)cc1. The van der Waals surface area contributed by atoms with Gasteiger partial charge in [0.2, 0.25) is 0 Å². The number of ether oxygens (including phenoxy) is 2. The predicted molar refractivity (Wildman–Crippen MR) is 96.6 cm³/mol. The highest BCUT2D eigenvalue weighted by Gasteiger charge is 2.22. The maximum absolute atomic E-state index is 12.3.